The Bertz CT molecular complexity index is 373. The molecule has 0 unspecified atom stereocenters. The van der Waals surface area contributed by atoms with Crippen LogP contribution in [0.2, 0.25) is 0 Å². The molecule has 5 heteroatoms. The van der Waals surface area contributed by atoms with Gasteiger partial charge in [-0.15, -0.1) is 0 Å². The predicted octanol–water partition coefficient (Wildman–Crippen LogP) is 1.31. The molecule has 0 spiro atoms. The van der Waals surface area contributed by atoms with Crippen molar-refractivity contribution < 1.29 is 13.2 Å². The van der Waals surface area contributed by atoms with Gasteiger partial charge >= 0.3 is 0 Å². The summed E-state index contributed by atoms with van der Waals surface area (Å²) in [5.41, 5.74) is 0. The Balaban J connectivity index is 2.19. The predicted molar refractivity (Wildman–Crippen MR) is 61.6 cm³/mol. The van der Waals surface area contributed by atoms with E-state index in [1.807, 2.05) is 0 Å². The Morgan fingerprint density at radius 1 is 1.25 bits per heavy atom. The summed E-state index contributed by atoms with van der Waals surface area (Å²) >= 11 is 0. The van der Waals surface area contributed by atoms with Crippen molar-refractivity contribution in [3.63, 3.8) is 0 Å². The van der Waals surface area contributed by atoms with Crippen LogP contribution >= 0.6 is 0 Å². The molecule has 0 aromatic heterocycles. The van der Waals surface area contributed by atoms with Crippen molar-refractivity contribution in [2.45, 2.75) is 56.7 Å². The summed E-state index contributed by atoms with van der Waals surface area (Å²) in [5.74, 6) is 0.0731. The molecule has 0 aromatic rings. The highest BCUT2D eigenvalue weighted by molar-refractivity contribution is 7.90. The normalized spacial score (nSPS) is 27.9. The molecule has 1 atom stereocenters. The van der Waals surface area contributed by atoms with Gasteiger partial charge in [-0.05, 0) is 25.7 Å². The number of nitrogens with zero attached hydrogens (tertiary/aromatic N) is 1. The standard InChI is InChI=1S/C11H19NO3S/c1-2-11(13)10-5-3-4-8-12(10)16(14,15)9-6-7-9/h9-10H,2-8H2,1H3/t10-/m0/s1. The summed E-state index contributed by atoms with van der Waals surface area (Å²) in [5, 5.41) is -0.197. The van der Waals surface area contributed by atoms with E-state index in [4.69, 9.17) is 0 Å². The molecule has 16 heavy (non-hydrogen) atoms. The van der Waals surface area contributed by atoms with Gasteiger partial charge in [0.25, 0.3) is 0 Å². The molecule has 1 aliphatic carbocycles. The molecule has 2 aliphatic rings. The van der Waals surface area contributed by atoms with E-state index in [2.05, 4.69) is 0 Å². The van der Waals surface area contributed by atoms with E-state index in [1.165, 1.54) is 4.31 Å². The first-order chi connectivity index (χ1) is 7.57. The number of sulfonamides is 1. The molecule has 1 aliphatic heterocycles. The maximum Gasteiger partial charge on any atom is 0.217 e. The third-order valence-electron chi connectivity index (χ3n) is 3.45. The number of Topliss-reactive ketones (excluding diaryl/α,β-unsaturated/α-hetero) is 1. The second kappa shape index (κ2) is 4.45. The third kappa shape index (κ3) is 2.15. The molecule has 0 N–H and O–H groups in total. The van der Waals surface area contributed by atoms with Crippen molar-refractivity contribution in [3.05, 3.63) is 0 Å². The van der Waals surface area contributed by atoms with Crippen molar-refractivity contribution in [1.82, 2.24) is 4.31 Å². The largest absolute Gasteiger partial charge is 0.298 e. The van der Waals surface area contributed by atoms with Gasteiger partial charge in [0.15, 0.2) is 5.78 Å². The van der Waals surface area contributed by atoms with E-state index in [-0.39, 0.29) is 17.1 Å². The van der Waals surface area contributed by atoms with Gasteiger partial charge in [0.05, 0.1) is 11.3 Å². The Morgan fingerprint density at radius 3 is 2.50 bits per heavy atom. The SMILES string of the molecule is CCC(=O)[C@@H]1CCCCN1S(=O)(=O)C1CC1. The smallest absolute Gasteiger partial charge is 0.217 e. The first-order valence-electron chi connectivity index (χ1n) is 6.10. The lowest BCUT2D eigenvalue weighted by molar-refractivity contribution is -0.123. The molecule has 2 fully saturated rings. The summed E-state index contributed by atoms with van der Waals surface area (Å²) < 4.78 is 25.8. The van der Waals surface area contributed by atoms with Gasteiger partial charge in [-0.2, -0.15) is 4.31 Å². The average molecular weight is 245 g/mol. The van der Waals surface area contributed by atoms with E-state index < -0.39 is 10.0 Å². The fraction of sp³-hybridized carbons (Fsp3) is 0.909. The molecular formula is C11H19NO3S. The number of hydrogen-bond acceptors (Lipinski definition) is 3. The van der Waals surface area contributed by atoms with Crippen LogP contribution < -0.4 is 0 Å². The monoisotopic (exact) mass is 245 g/mol. The van der Waals surface area contributed by atoms with Crippen molar-refractivity contribution in [2.24, 2.45) is 0 Å². The minimum atomic E-state index is -3.18. The second-order valence-corrected chi connectivity index (χ2v) is 6.85. The van der Waals surface area contributed by atoms with Gasteiger partial charge in [0, 0.05) is 13.0 Å². The molecule has 0 radical (unpaired) electrons. The molecule has 1 saturated heterocycles. The van der Waals surface area contributed by atoms with Crippen molar-refractivity contribution in [3.8, 4) is 0 Å². The van der Waals surface area contributed by atoms with Crippen LogP contribution in [0.5, 0.6) is 0 Å². The Kier molecular flexibility index (Phi) is 3.35. The van der Waals surface area contributed by atoms with Crippen molar-refractivity contribution >= 4 is 15.8 Å². The molecule has 0 amide bonds. The summed E-state index contributed by atoms with van der Waals surface area (Å²) in [6, 6.07) is -0.371. The molecule has 92 valence electrons. The molecule has 1 heterocycles. The average Bonchev–Trinajstić information content (AvgIpc) is 3.12. The van der Waals surface area contributed by atoms with E-state index in [9.17, 15) is 13.2 Å². The second-order valence-electron chi connectivity index (χ2n) is 4.69. The van der Waals surface area contributed by atoms with Crippen LogP contribution in [-0.4, -0.2) is 36.3 Å². The van der Waals surface area contributed by atoms with E-state index in [0.29, 0.717) is 19.4 Å². The van der Waals surface area contributed by atoms with Crippen LogP contribution in [0.15, 0.2) is 0 Å². The lowest BCUT2D eigenvalue weighted by Gasteiger charge is -2.33. The van der Waals surface area contributed by atoms with Gasteiger partial charge in [-0.3, -0.25) is 4.79 Å². The number of piperidine rings is 1. The zero-order valence-electron chi connectivity index (χ0n) is 9.68. The zero-order valence-corrected chi connectivity index (χ0v) is 10.5. The molecule has 0 aromatic carbocycles. The quantitative estimate of drug-likeness (QED) is 0.750. The van der Waals surface area contributed by atoms with Crippen LogP contribution in [0.3, 0.4) is 0 Å². The van der Waals surface area contributed by atoms with Crippen molar-refractivity contribution in [1.29, 1.82) is 0 Å². The lowest BCUT2D eigenvalue weighted by atomic mass is 10.00. The van der Waals surface area contributed by atoms with E-state index in [0.717, 1.165) is 25.7 Å². The Labute approximate surface area is 97.1 Å². The number of carbonyl (C=O) groups excluding carboxylic acids is 1. The summed E-state index contributed by atoms with van der Waals surface area (Å²) in [4.78, 5) is 11.8. The fourth-order valence-electron chi connectivity index (χ4n) is 2.32. The molecule has 0 bridgehead atoms. The Hall–Kier alpha value is -0.420. The zero-order chi connectivity index (χ0) is 11.8. The van der Waals surface area contributed by atoms with Gasteiger partial charge in [0.2, 0.25) is 10.0 Å². The highest BCUT2D eigenvalue weighted by atomic mass is 32.2. The fourth-order valence-corrected chi connectivity index (χ4v) is 4.40. The third-order valence-corrected chi connectivity index (χ3v) is 5.85. The van der Waals surface area contributed by atoms with E-state index in [1.54, 1.807) is 6.92 Å². The number of carbonyl (C=O) groups is 1. The van der Waals surface area contributed by atoms with Gasteiger partial charge < -0.3 is 0 Å². The van der Waals surface area contributed by atoms with Gasteiger partial charge in [-0.1, -0.05) is 13.3 Å². The summed E-state index contributed by atoms with van der Waals surface area (Å²) in [6.07, 6.45) is 4.53. The van der Waals surface area contributed by atoms with Crippen LogP contribution in [-0.2, 0) is 14.8 Å². The van der Waals surface area contributed by atoms with Crippen LogP contribution in [0.1, 0.15) is 45.4 Å². The van der Waals surface area contributed by atoms with Crippen LogP contribution in [0, 0.1) is 0 Å². The topological polar surface area (TPSA) is 54.5 Å². The summed E-state index contributed by atoms with van der Waals surface area (Å²) in [6.45, 7) is 2.34. The number of ketones is 1. The lowest BCUT2D eigenvalue weighted by Crippen LogP contribution is -2.48. The van der Waals surface area contributed by atoms with Crippen LogP contribution in [0.4, 0.5) is 0 Å². The first-order valence-corrected chi connectivity index (χ1v) is 7.61. The minimum Gasteiger partial charge on any atom is -0.298 e. The molecule has 1 saturated carbocycles. The minimum absolute atomic E-state index is 0.0731. The van der Waals surface area contributed by atoms with Gasteiger partial charge in [-0.25, -0.2) is 8.42 Å². The number of hydrogen-bond donors (Lipinski definition) is 0. The van der Waals surface area contributed by atoms with E-state index >= 15 is 0 Å². The molecule has 2 rings (SSSR count). The highest BCUT2D eigenvalue weighted by Gasteiger charge is 2.44. The first kappa shape index (κ1) is 12.0. The molecule has 4 nitrogen and oxygen atoms in total. The number of rotatable bonds is 4. The maximum absolute atomic E-state index is 12.2. The maximum atomic E-state index is 12.2. The Morgan fingerprint density at radius 2 is 1.94 bits per heavy atom. The summed E-state index contributed by atoms with van der Waals surface area (Å²) in [7, 11) is -3.18. The van der Waals surface area contributed by atoms with Gasteiger partial charge in [0.1, 0.15) is 0 Å². The van der Waals surface area contributed by atoms with Crippen molar-refractivity contribution in [2.75, 3.05) is 6.54 Å². The molecular weight excluding hydrogens is 226 g/mol. The highest BCUT2D eigenvalue weighted by Crippen LogP contribution is 2.34. The van der Waals surface area contributed by atoms with Crippen LogP contribution in [0.25, 0.3) is 0 Å².